The molecular weight excluding hydrogens is 330 g/mol. The maximum absolute atomic E-state index is 13.6. The molecule has 1 amide bonds. The summed E-state index contributed by atoms with van der Waals surface area (Å²) in [7, 11) is 0. The molecule has 4 nitrogen and oxygen atoms in total. The average Bonchev–Trinajstić information content (AvgIpc) is 2.45. The molecule has 0 bridgehead atoms. The second kappa shape index (κ2) is 7.12. The van der Waals surface area contributed by atoms with Crippen molar-refractivity contribution >= 4 is 11.9 Å². The minimum atomic E-state index is -1.55. The third-order valence-corrected chi connectivity index (χ3v) is 3.17. The Kier molecular flexibility index (Phi) is 5.18. The Balaban J connectivity index is 2.22. The third kappa shape index (κ3) is 4.09. The van der Waals surface area contributed by atoms with Crippen molar-refractivity contribution < 1.29 is 32.3 Å². The van der Waals surface area contributed by atoms with Crippen LogP contribution in [-0.4, -0.2) is 23.0 Å². The molecule has 2 rings (SSSR count). The highest BCUT2D eigenvalue weighted by atomic mass is 19.1. The summed E-state index contributed by atoms with van der Waals surface area (Å²) in [6.45, 7) is 0. The Hall–Kier alpha value is -2.90. The van der Waals surface area contributed by atoms with Crippen LogP contribution in [0.5, 0.6) is 0 Å². The van der Waals surface area contributed by atoms with Gasteiger partial charge in [-0.05, 0) is 17.7 Å². The van der Waals surface area contributed by atoms with E-state index in [2.05, 4.69) is 0 Å². The molecule has 0 aromatic heterocycles. The number of carbonyl (C=O) groups is 2. The summed E-state index contributed by atoms with van der Waals surface area (Å²) in [5.74, 6) is -7.56. The summed E-state index contributed by atoms with van der Waals surface area (Å²) in [6.07, 6.45) is -0.302. The molecular formula is C16H11F4NO3. The molecule has 0 radical (unpaired) electrons. The predicted molar refractivity (Wildman–Crippen MR) is 75.3 cm³/mol. The third-order valence-electron chi connectivity index (χ3n) is 3.17. The van der Waals surface area contributed by atoms with Gasteiger partial charge in [0, 0.05) is 18.6 Å². The fourth-order valence-corrected chi connectivity index (χ4v) is 2.09. The van der Waals surface area contributed by atoms with Crippen molar-refractivity contribution in [3.63, 3.8) is 0 Å². The van der Waals surface area contributed by atoms with Gasteiger partial charge in [-0.2, -0.15) is 0 Å². The molecule has 2 N–H and O–H groups in total. The highest BCUT2D eigenvalue weighted by Crippen LogP contribution is 2.15. The standard InChI is InChI=1S/C16H11F4NO3/c17-9-3-1-2-8(4-9)5-13(16(23)24)21-15(22)14-11(19)6-10(18)7-12(14)20/h1-4,6-7,13H,5H2,(H,21,22)(H,23,24)/t13-/m1/s1. The Morgan fingerprint density at radius 1 is 1.00 bits per heavy atom. The summed E-state index contributed by atoms with van der Waals surface area (Å²) < 4.78 is 53.1. The lowest BCUT2D eigenvalue weighted by molar-refractivity contribution is -0.139. The average molecular weight is 341 g/mol. The van der Waals surface area contributed by atoms with Gasteiger partial charge in [0.25, 0.3) is 5.91 Å². The molecule has 0 aliphatic heterocycles. The summed E-state index contributed by atoms with van der Waals surface area (Å²) in [4.78, 5) is 23.1. The lowest BCUT2D eigenvalue weighted by atomic mass is 10.0. The van der Waals surface area contributed by atoms with Crippen LogP contribution < -0.4 is 5.32 Å². The number of halogens is 4. The van der Waals surface area contributed by atoms with Crippen LogP contribution in [-0.2, 0) is 11.2 Å². The molecule has 0 unspecified atom stereocenters. The summed E-state index contributed by atoms with van der Waals surface area (Å²) in [5.41, 5.74) is -0.829. The first kappa shape index (κ1) is 17.5. The zero-order valence-corrected chi connectivity index (χ0v) is 12.0. The molecule has 0 saturated carbocycles. The van der Waals surface area contributed by atoms with Gasteiger partial charge in [0.1, 0.15) is 34.9 Å². The Morgan fingerprint density at radius 2 is 1.62 bits per heavy atom. The number of carboxylic acid groups (broad SMARTS) is 1. The van der Waals surface area contributed by atoms with Crippen LogP contribution in [0.15, 0.2) is 36.4 Å². The number of rotatable bonds is 5. The van der Waals surface area contributed by atoms with Gasteiger partial charge in [0.05, 0.1) is 0 Å². The quantitative estimate of drug-likeness (QED) is 0.822. The molecule has 24 heavy (non-hydrogen) atoms. The van der Waals surface area contributed by atoms with E-state index in [1.54, 1.807) is 0 Å². The molecule has 8 heteroatoms. The van der Waals surface area contributed by atoms with E-state index in [1.807, 2.05) is 5.32 Å². The first-order valence-corrected chi connectivity index (χ1v) is 6.70. The highest BCUT2D eigenvalue weighted by molar-refractivity contribution is 5.97. The van der Waals surface area contributed by atoms with Crippen molar-refractivity contribution in [2.75, 3.05) is 0 Å². The predicted octanol–water partition coefficient (Wildman–Crippen LogP) is 2.67. The number of carboxylic acids is 1. The first-order valence-electron chi connectivity index (χ1n) is 6.70. The van der Waals surface area contributed by atoms with Gasteiger partial charge in [-0.3, -0.25) is 4.79 Å². The maximum Gasteiger partial charge on any atom is 0.326 e. The Bertz CT molecular complexity index is 772. The minimum Gasteiger partial charge on any atom is -0.480 e. The molecule has 126 valence electrons. The Labute approximate surface area is 133 Å². The van der Waals surface area contributed by atoms with Crippen molar-refractivity contribution in [2.45, 2.75) is 12.5 Å². The van der Waals surface area contributed by atoms with E-state index in [0.29, 0.717) is 12.1 Å². The van der Waals surface area contributed by atoms with Gasteiger partial charge in [0.2, 0.25) is 0 Å². The SMILES string of the molecule is O=C(N[C@H](Cc1cccc(F)c1)C(=O)O)c1c(F)cc(F)cc1F. The van der Waals surface area contributed by atoms with Gasteiger partial charge in [-0.25, -0.2) is 22.4 Å². The smallest absolute Gasteiger partial charge is 0.326 e. The van der Waals surface area contributed by atoms with Crippen molar-refractivity contribution in [3.05, 3.63) is 70.8 Å². The Morgan fingerprint density at radius 3 is 2.17 bits per heavy atom. The van der Waals surface area contributed by atoms with Crippen molar-refractivity contribution in [1.29, 1.82) is 0 Å². The zero-order chi connectivity index (χ0) is 17.9. The summed E-state index contributed by atoms with van der Waals surface area (Å²) >= 11 is 0. The zero-order valence-electron chi connectivity index (χ0n) is 12.0. The van der Waals surface area contributed by atoms with Crippen LogP contribution in [0.25, 0.3) is 0 Å². The van der Waals surface area contributed by atoms with Crippen LogP contribution in [0.1, 0.15) is 15.9 Å². The van der Waals surface area contributed by atoms with Crippen LogP contribution in [0.4, 0.5) is 17.6 Å². The number of hydrogen-bond donors (Lipinski definition) is 2. The van der Waals surface area contributed by atoms with Crippen LogP contribution >= 0.6 is 0 Å². The molecule has 0 saturated heterocycles. The normalized spacial score (nSPS) is 11.8. The largest absolute Gasteiger partial charge is 0.480 e. The number of hydrogen-bond acceptors (Lipinski definition) is 2. The van der Waals surface area contributed by atoms with E-state index in [1.165, 1.54) is 12.1 Å². The maximum atomic E-state index is 13.6. The molecule has 2 aromatic carbocycles. The second-order valence-corrected chi connectivity index (χ2v) is 4.94. The van der Waals surface area contributed by atoms with Crippen LogP contribution in [0.2, 0.25) is 0 Å². The molecule has 0 heterocycles. The fraction of sp³-hybridized carbons (Fsp3) is 0.125. The van der Waals surface area contributed by atoms with Gasteiger partial charge < -0.3 is 10.4 Å². The van der Waals surface area contributed by atoms with E-state index < -0.39 is 46.8 Å². The van der Waals surface area contributed by atoms with Crippen molar-refractivity contribution in [2.24, 2.45) is 0 Å². The van der Waals surface area contributed by atoms with Gasteiger partial charge in [-0.15, -0.1) is 0 Å². The fourth-order valence-electron chi connectivity index (χ4n) is 2.09. The van der Waals surface area contributed by atoms with E-state index in [-0.39, 0.29) is 12.0 Å². The molecule has 0 fully saturated rings. The first-order chi connectivity index (χ1) is 11.3. The summed E-state index contributed by atoms with van der Waals surface area (Å²) in [6, 6.07) is 4.07. The molecule has 0 aliphatic carbocycles. The number of carbonyl (C=O) groups excluding carboxylic acids is 1. The summed E-state index contributed by atoms with van der Waals surface area (Å²) in [5, 5.41) is 11.1. The number of nitrogens with one attached hydrogen (secondary N) is 1. The monoisotopic (exact) mass is 341 g/mol. The van der Waals surface area contributed by atoms with Gasteiger partial charge in [-0.1, -0.05) is 12.1 Å². The molecule has 0 spiro atoms. The minimum absolute atomic E-state index is 0.266. The molecule has 0 aliphatic rings. The van der Waals surface area contributed by atoms with Crippen molar-refractivity contribution in [3.8, 4) is 0 Å². The van der Waals surface area contributed by atoms with Gasteiger partial charge in [0.15, 0.2) is 0 Å². The van der Waals surface area contributed by atoms with Crippen LogP contribution in [0, 0.1) is 23.3 Å². The van der Waals surface area contributed by atoms with E-state index in [4.69, 9.17) is 5.11 Å². The topological polar surface area (TPSA) is 66.4 Å². The van der Waals surface area contributed by atoms with E-state index in [0.717, 1.165) is 12.1 Å². The number of aliphatic carboxylic acids is 1. The number of benzene rings is 2. The van der Waals surface area contributed by atoms with Crippen molar-refractivity contribution in [1.82, 2.24) is 5.32 Å². The highest BCUT2D eigenvalue weighted by Gasteiger charge is 2.25. The molecule has 2 aromatic rings. The van der Waals surface area contributed by atoms with Crippen LogP contribution in [0.3, 0.4) is 0 Å². The second-order valence-electron chi connectivity index (χ2n) is 4.94. The van der Waals surface area contributed by atoms with E-state index in [9.17, 15) is 27.2 Å². The number of amides is 1. The van der Waals surface area contributed by atoms with Gasteiger partial charge >= 0.3 is 5.97 Å². The lowest BCUT2D eigenvalue weighted by Gasteiger charge is -2.15. The lowest BCUT2D eigenvalue weighted by Crippen LogP contribution is -2.43. The van der Waals surface area contributed by atoms with E-state index >= 15 is 0 Å². The molecule has 1 atom stereocenters.